The van der Waals surface area contributed by atoms with Gasteiger partial charge in [-0.15, -0.1) is 0 Å². The van der Waals surface area contributed by atoms with Crippen LogP contribution >= 0.6 is 0 Å². The van der Waals surface area contributed by atoms with Gasteiger partial charge in [0, 0.05) is 36.9 Å². The van der Waals surface area contributed by atoms with Crippen LogP contribution in [0, 0.1) is 6.92 Å². The number of hydrogen-bond acceptors (Lipinski definition) is 6. The molecule has 26 heavy (non-hydrogen) atoms. The molecule has 2 fully saturated rings. The van der Waals surface area contributed by atoms with Crippen molar-refractivity contribution in [2.24, 2.45) is 0 Å². The van der Waals surface area contributed by atoms with Gasteiger partial charge in [-0.1, -0.05) is 0 Å². The van der Waals surface area contributed by atoms with Crippen molar-refractivity contribution in [2.45, 2.75) is 44.7 Å². The van der Waals surface area contributed by atoms with E-state index in [2.05, 4.69) is 25.1 Å². The molecule has 2 aromatic rings. The highest BCUT2D eigenvalue weighted by atomic mass is 16.5. The van der Waals surface area contributed by atoms with Crippen molar-refractivity contribution in [1.82, 2.24) is 25.1 Å². The monoisotopic (exact) mass is 356 g/mol. The average molecular weight is 356 g/mol. The number of likely N-dealkylation sites (tertiary alicyclic amines) is 1. The predicted octanol–water partition coefficient (Wildman–Crippen LogP) is 1.79. The van der Waals surface area contributed by atoms with Gasteiger partial charge in [-0.2, -0.15) is 5.10 Å². The van der Waals surface area contributed by atoms with Gasteiger partial charge in [-0.25, -0.2) is 9.97 Å². The molecule has 1 aliphatic heterocycles. The standard InChI is InChI=1S/C18H24N6O2/c1-12-9-15(22-21-12)18(25)23-7-5-14(6-8-23)24(13-3-4-13)16-10-17(26-2)20-11-19-16/h9-11,13-14H,3-8H2,1-2H3,(H,21,22). The fourth-order valence-electron chi connectivity index (χ4n) is 3.64. The van der Waals surface area contributed by atoms with Crippen molar-refractivity contribution in [3.63, 3.8) is 0 Å². The number of aromatic nitrogens is 4. The molecule has 4 rings (SSSR count). The molecule has 0 spiro atoms. The first-order valence-corrected chi connectivity index (χ1v) is 9.11. The number of nitrogens with one attached hydrogen (secondary N) is 1. The Morgan fingerprint density at radius 3 is 2.54 bits per heavy atom. The number of nitrogens with zero attached hydrogens (tertiary/aromatic N) is 5. The zero-order valence-corrected chi connectivity index (χ0v) is 15.2. The topological polar surface area (TPSA) is 87.2 Å². The Kier molecular flexibility index (Phi) is 4.48. The number of anilines is 1. The molecule has 1 saturated carbocycles. The van der Waals surface area contributed by atoms with Crippen molar-refractivity contribution >= 4 is 11.7 Å². The molecular weight excluding hydrogens is 332 g/mol. The Morgan fingerprint density at radius 1 is 1.19 bits per heavy atom. The van der Waals surface area contributed by atoms with Crippen LogP contribution in [0.2, 0.25) is 0 Å². The van der Waals surface area contributed by atoms with E-state index in [0.717, 1.165) is 37.4 Å². The van der Waals surface area contributed by atoms with Gasteiger partial charge >= 0.3 is 0 Å². The highest BCUT2D eigenvalue weighted by Crippen LogP contribution is 2.36. The number of ether oxygens (including phenoxy) is 1. The van der Waals surface area contributed by atoms with Gasteiger partial charge in [-0.05, 0) is 38.7 Å². The fraction of sp³-hybridized carbons (Fsp3) is 0.556. The third-order valence-electron chi connectivity index (χ3n) is 5.11. The second-order valence-corrected chi connectivity index (χ2v) is 7.02. The summed E-state index contributed by atoms with van der Waals surface area (Å²) in [5, 5.41) is 6.93. The first-order valence-electron chi connectivity index (χ1n) is 9.11. The Hall–Kier alpha value is -2.64. The molecule has 8 heteroatoms. The van der Waals surface area contributed by atoms with Gasteiger partial charge in [0.2, 0.25) is 5.88 Å². The van der Waals surface area contributed by atoms with E-state index < -0.39 is 0 Å². The maximum Gasteiger partial charge on any atom is 0.274 e. The first kappa shape index (κ1) is 16.8. The van der Waals surface area contributed by atoms with Gasteiger partial charge in [-0.3, -0.25) is 9.89 Å². The first-order chi connectivity index (χ1) is 12.7. The van der Waals surface area contributed by atoms with E-state index in [1.165, 1.54) is 12.8 Å². The summed E-state index contributed by atoms with van der Waals surface area (Å²) in [6, 6.07) is 4.63. The van der Waals surface area contributed by atoms with E-state index >= 15 is 0 Å². The molecule has 1 N–H and O–H groups in total. The molecule has 0 unspecified atom stereocenters. The molecule has 1 amide bonds. The summed E-state index contributed by atoms with van der Waals surface area (Å²) >= 11 is 0. The lowest BCUT2D eigenvalue weighted by molar-refractivity contribution is 0.0706. The largest absolute Gasteiger partial charge is 0.481 e. The van der Waals surface area contributed by atoms with Crippen molar-refractivity contribution in [3.05, 3.63) is 29.8 Å². The molecule has 1 saturated heterocycles. The SMILES string of the molecule is COc1cc(N(C2CC2)C2CCN(C(=O)c3cc(C)[nH]n3)CC2)ncn1. The second kappa shape index (κ2) is 6.93. The summed E-state index contributed by atoms with van der Waals surface area (Å²) in [6.07, 6.45) is 5.80. The minimum Gasteiger partial charge on any atom is -0.481 e. The van der Waals surface area contributed by atoms with Crippen molar-refractivity contribution in [2.75, 3.05) is 25.1 Å². The average Bonchev–Trinajstić information content (AvgIpc) is 3.41. The molecule has 8 nitrogen and oxygen atoms in total. The lowest BCUT2D eigenvalue weighted by Crippen LogP contribution is -2.48. The molecule has 0 radical (unpaired) electrons. The third kappa shape index (κ3) is 3.36. The lowest BCUT2D eigenvalue weighted by Gasteiger charge is -2.39. The zero-order chi connectivity index (χ0) is 18.1. The van der Waals surface area contributed by atoms with Gasteiger partial charge in [0.05, 0.1) is 7.11 Å². The highest BCUT2D eigenvalue weighted by Gasteiger charge is 2.37. The van der Waals surface area contributed by atoms with Crippen molar-refractivity contribution < 1.29 is 9.53 Å². The van der Waals surface area contributed by atoms with E-state index in [1.807, 2.05) is 17.9 Å². The maximum absolute atomic E-state index is 12.6. The van der Waals surface area contributed by atoms with E-state index in [-0.39, 0.29) is 5.91 Å². The molecule has 0 bridgehead atoms. The van der Waals surface area contributed by atoms with Crippen LogP contribution in [0.4, 0.5) is 5.82 Å². The van der Waals surface area contributed by atoms with E-state index in [4.69, 9.17) is 4.74 Å². The number of H-pyrrole nitrogens is 1. The normalized spacial score (nSPS) is 18.0. The smallest absolute Gasteiger partial charge is 0.274 e. The minimum absolute atomic E-state index is 0.00878. The molecular formula is C18H24N6O2. The summed E-state index contributed by atoms with van der Waals surface area (Å²) in [7, 11) is 1.62. The number of carbonyl (C=O) groups excluding carboxylic acids is 1. The van der Waals surface area contributed by atoms with Crippen LogP contribution < -0.4 is 9.64 Å². The van der Waals surface area contributed by atoms with Gasteiger partial charge in [0.1, 0.15) is 17.8 Å². The number of aromatic amines is 1. The van der Waals surface area contributed by atoms with Crippen LogP contribution in [-0.4, -0.2) is 63.3 Å². The highest BCUT2D eigenvalue weighted by molar-refractivity contribution is 5.92. The zero-order valence-electron chi connectivity index (χ0n) is 15.2. The number of methoxy groups -OCH3 is 1. The fourth-order valence-corrected chi connectivity index (χ4v) is 3.64. The molecule has 0 aromatic carbocycles. The number of hydrogen-bond donors (Lipinski definition) is 1. The Balaban J connectivity index is 1.44. The van der Waals surface area contributed by atoms with E-state index in [1.54, 1.807) is 19.5 Å². The van der Waals surface area contributed by atoms with Crippen LogP contribution in [0.1, 0.15) is 41.9 Å². The van der Waals surface area contributed by atoms with Crippen LogP contribution in [-0.2, 0) is 0 Å². The second-order valence-electron chi connectivity index (χ2n) is 7.02. The van der Waals surface area contributed by atoms with Crippen LogP contribution in [0.5, 0.6) is 5.88 Å². The molecule has 1 aliphatic carbocycles. The molecule has 0 atom stereocenters. The molecule has 2 aromatic heterocycles. The molecule has 2 aliphatic rings. The number of piperidine rings is 1. The Morgan fingerprint density at radius 2 is 1.92 bits per heavy atom. The summed E-state index contributed by atoms with van der Waals surface area (Å²) in [5.74, 6) is 1.52. The number of carbonyl (C=O) groups is 1. The van der Waals surface area contributed by atoms with Crippen LogP contribution in [0.25, 0.3) is 0 Å². The summed E-state index contributed by atoms with van der Waals surface area (Å²) in [6.45, 7) is 3.38. The summed E-state index contributed by atoms with van der Waals surface area (Å²) < 4.78 is 5.25. The van der Waals surface area contributed by atoms with Crippen molar-refractivity contribution in [1.29, 1.82) is 0 Å². The summed E-state index contributed by atoms with van der Waals surface area (Å²) in [4.78, 5) is 25.5. The Labute approximate surface area is 152 Å². The maximum atomic E-state index is 12.6. The third-order valence-corrected chi connectivity index (χ3v) is 5.11. The van der Waals surface area contributed by atoms with Crippen LogP contribution in [0.3, 0.4) is 0 Å². The molecule has 138 valence electrons. The van der Waals surface area contributed by atoms with E-state index in [0.29, 0.717) is 23.7 Å². The lowest BCUT2D eigenvalue weighted by atomic mass is 10.0. The minimum atomic E-state index is 0.00878. The Bertz CT molecular complexity index is 779. The summed E-state index contributed by atoms with van der Waals surface area (Å²) in [5.41, 5.74) is 1.40. The number of amides is 1. The molecule has 3 heterocycles. The predicted molar refractivity (Wildman–Crippen MR) is 96.3 cm³/mol. The van der Waals surface area contributed by atoms with Gasteiger partial charge in [0.25, 0.3) is 5.91 Å². The number of rotatable bonds is 5. The quantitative estimate of drug-likeness (QED) is 0.879. The van der Waals surface area contributed by atoms with Crippen molar-refractivity contribution in [3.8, 4) is 5.88 Å². The van der Waals surface area contributed by atoms with Gasteiger partial charge < -0.3 is 14.5 Å². The van der Waals surface area contributed by atoms with Gasteiger partial charge in [0.15, 0.2) is 0 Å². The van der Waals surface area contributed by atoms with E-state index in [9.17, 15) is 4.79 Å². The van der Waals surface area contributed by atoms with Crippen LogP contribution in [0.15, 0.2) is 18.5 Å². The number of aryl methyl sites for hydroxylation is 1.